The second kappa shape index (κ2) is 7.76. The third kappa shape index (κ3) is 3.43. The van der Waals surface area contributed by atoms with Gasteiger partial charge in [0.05, 0.1) is 24.5 Å². The summed E-state index contributed by atoms with van der Waals surface area (Å²) >= 11 is 0. The number of fused-ring (bicyclic) bond motifs is 1. The molecule has 0 N–H and O–H groups in total. The molecule has 1 aliphatic carbocycles. The minimum Gasteiger partial charge on any atom is -0.379 e. The minimum atomic E-state index is -4.42. The lowest BCUT2D eigenvalue weighted by atomic mass is 9.93. The number of alkyl halides is 3. The molecule has 2 atom stereocenters. The molecule has 31 heavy (non-hydrogen) atoms. The standard InChI is InChI=1S/C23H23F3N4O/c24-23(25,26)19-7-4-8-20(16-19)30-22(29-11-13-31-14-12-29)18(9-10-21(22)27-28-30)15-17-5-2-1-3-6-17/h1-8,15-16,21H,9-14H2/b18-15+. The van der Waals surface area contributed by atoms with Crippen LogP contribution in [0.3, 0.4) is 0 Å². The first-order chi connectivity index (χ1) is 15.0. The van der Waals surface area contributed by atoms with Crippen LogP contribution in [0.1, 0.15) is 24.0 Å². The van der Waals surface area contributed by atoms with Crippen LogP contribution in [0.4, 0.5) is 18.9 Å². The maximum atomic E-state index is 13.4. The van der Waals surface area contributed by atoms with Crippen molar-refractivity contribution >= 4 is 11.8 Å². The maximum Gasteiger partial charge on any atom is 0.416 e. The van der Waals surface area contributed by atoms with Gasteiger partial charge in [0.1, 0.15) is 6.04 Å². The number of hydrogen-bond acceptors (Lipinski definition) is 5. The van der Waals surface area contributed by atoms with Crippen molar-refractivity contribution in [3.63, 3.8) is 0 Å². The van der Waals surface area contributed by atoms with E-state index in [4.69, 9.17) is 4.74 Å². The van der Waals surface area contributed by atoms with Crippen LogP contribution in [-0.2, 0) is 10.9 Å². The Kier molecular flexibility index (Phi) is 5.06. The number of halogens is 3. The molecule has 2 aromatic carbocycles. The van der Waals surface area contributed by atoms with Gasteiger partial charge in [0, 0.05) is 13.1 Å². The normalized spacial score (nSPS) is 27.8. The van der Waals surface area contributed by atoms with Gasteiger partial charge in [0.25, 0.3) is 0 Å². The lowest BCUT2D eigenvalue weighted by molar-refractivity contribution is -0.137. The molecule has 2 aliphatic heterocycles. The molecule has 1 saturated carbocycles. The summed E-state index contributed by atoms with van der Waals surface area (Å²) in [5, 5.41) is 10.7. The molecule has 0 amide bonds. The Labute approximate surface area is 178 Å². The van der Waals surface area contributed by atoms with Crippen molar-refractivity contribution in [3.05, 3.63) is 71.3 Å². The fourth-order valence-corrected chi connectivity index (χ4v) is 4.93. The minimum absolute atomic E-state index is 0.143. The van der Waals surface area contributed by atoms with Gasteiger partial charge >= 0.3 is 6.18 Å². The van der Waals surface area contributed by atoms with E-state index in [2.05, 4.69) is 21.3 Å². The fourth-order valence-electron chi connectivity index (χ4n) is 4.93. The topological polar surface area (TPSA) is 40.4 Å². The molecule has 0 aromatic heterocycles. The number of hydrogen-bond donors (Lipinski definition) is 0. The molecule has 2 fully saturated rings. The van der Waals surface area contributed by atoms with E-state index >= 15 is 0 Å². The Morgan fingerprint density at radius 2 is 1.81 bits per heavy atom. The summed E-state index contributed by atoms with van der Waals surface area (Å²) in [7, 11) is 0. The summed E-state index contributed by atoms with van der Waals surface area (Å²) in [5.74, 6) is 0. The number of ether oxygens (including phenoxy) is 1. The SMILES string of the molecule is FC(F)(F)c1cccc(N2N=NC3CC/C(=C\c4ccccc4)C32N2CCOCC2)c1. The third-order valence-electron chi connectivity index (χ3n) is 6.28. The van der Waals surface area contributed by atoms with Gasteiger partial charge in [-0.25, -0.2) is 5.01 Å². The van der Waals surface area contributed by atoms with E-state index in [0.29, 0.717) is 32.0 Å². The van der Waals surface area contributed by atoms with Crippen LogP contribution in [0.25, 0.3) is 6.08 Å². The van der Waals surface area contributed by atoms with Crippen molar-refractivity contribution in [3.8, 4) is 0 Å². The van der Waals surface area contributed by atoms with E-state index in [-0.39, 0.29) is 6.04 Å². The van der Waals surface area contributed by atoms with E-state index in [1.165, 1.54) is 12.1 Å². The molecule has 5 rings (SSSR count). The number of morpholine rings is 1. The number of benzene rings is 2. The van der Waals surface area contributed by atoms with Gasteiger partial charge in [-0.3, -0.25) is 4.90 Å². The molecule has 2 unspecified atom stereocenters. The summed E-state index contributed by atoms with van der Waals surface area (Å²) in [4.78, 5) is 2.28. The maximum absolute atomic E-state index is 13.4. The molecule has 1 saturated heterocycles. The van der Waals surface area contributed by atoms with Gasteiger partial charge in [-0.05, 0) is 42.2 Å². The molecule has 3 aliphatic rings. The Morgan fingerprint density at radius 3 is 2.55 bits per heavy atom. The van der Waals surface area contributed by atoms with Crippen molar-refractivity contribution in [1.29, 1.82) is 0 Å². The van der Waals surface area contributed by atoms with Crippen molar-refractivity contribution in [1.82, 2.24) is 4.90 Å². The summed E-state index contributed by atoms with van der Waals surface area (Å²) in [5.41, 5.74) is 1.17. The average molecular weight is 428 g/mol. The Bertz CT molecular complexity index is 1000. The molecule has 0 radical (unpaired) electrons. The van der Waals surface area contributed by atoms with E-state index in [1.54, 1.807) is 11.1 Å². The summed E-state index contributed by atoms with van der Waals surface area (Å²) in [6.07, 6.45) is -0.663. The van der Waals surface area contributed by atoms with Gasteiger partial charge in [-0.1, -0.05) is 47.7 Å². The van der Waals surface area contributed by atoms with Gasteiger partial charge in [-0.2, -0.15) is 18.3 Å². The van der Waals surface area contributed by atoms with Gasteiger partial charge < -0.3 is 4.74 Å². The molecule has 2 heterocycles. The first-order valence-corrected chi connectivity index (χ1v) is 10.5. The van der Waals surface area contributed by atoms with E-state index in [9.17, 15) is 13.2 Å². The Morgan fingerprint density at radius 1 is 1.03 bits per heavy atom. The molecule has 5 nitrogen and oxygen atoms in total. The lowest BCUT2D eigenvalue weighted by Gasteiger charge is -2.47. The van der Waals surface area contributed by atoms with Crippen molar-refractivity contribution in [2.45, 2.75) is 30.7 Å². The summed E-state index contributed by atoms with van der Waals surface area (Å²) < 4.78 is 45.9. The monoisotopic (exact) mass is 428 g/mol. The van der Waals surface area contributed by atoms with Crippen molar-refractivity contribution in [2.75, 3.05) is 31.3 Å². The van der Waals surface area contributed by atoms with E-state index < -0.39 is 17.4 Å². The van der Waals surface area contributed by atoms with Gasteiger partial charge in [0.2, 0.25) is 0 Å². The molecule has 8 heteroatoms. The highest BCUT2D eigenvalue weighted by atomic mass is 19.4. The Balaban J connectivity index is 1.64. The Hall–Kier alpha value is -2.71. The predicted octanol–water partition coefficient (Wildman–Crippen LogP) is 5.17. The fraction of sp³-hybridized carbons (Fsp3) is 0.391. The van der Waals surface area contributed by atoms with Crippen molar-refractivity contribution < 1.29 is 17.9 Å². The van der Waals surface area contributed by atoms with Crippen LogP contribution in [0, 0.1) is 0 Å². The second-order valence-corrected chi connectivity index (χ2v) is 8.03. The average Bonchev–Trinajstić information content (AvgIpc) is 3.33. The van der Waals surface area contributed by atoms with Crippen LogP contribution in [0.15, 0.2) is 70.5 Å². The molecule has 2 aromatic rings. The third-order valence-corrected chi connectivity index (χ3v) is 6.28. The summed E-state index contributed by atoms with van der Waals surface area (Å²) in [6.45, 7) is 2.49. The second-order valence-electron chi connectivity index (χ2n) is 8.03. The molecular weight excluding hydrogens is 405 g/mol. The van der Waals surface area contributed by atoms with E-state index in [1.807, 2.05) is 30.3 Å². The van der Waals surface area contributed by atoms with E-state index in [0.717, 1.165) is 30.0 Å². The molecular formula is C23H23F3N4O. The van der Waals surface area contributed by atoms with Gasteiger partial charge in [0.15, 0.2) is 5.66 Å². The van der Waals surface area contributed by atoms with Crippen LogP contribution in [0.5, 0.6) is 0 Å². The first-order valence-electron chi connectivity index (χ1n) is 10.5. The number of nitrogens with zero attached hydrogens (tertiary/aromatic N) is 4. The summed E-state index contributed by atoms with van der Waals surface area (Å²) in [6, 6.07) is 15.2. The lowest BCUT2D eigenvalue weighted by Crippen LogP contribution is -2.64. The van der Waals surface area contributed by atoms with Crippen LogP contribution in [-0.4, -0.2) is 42.9 Å². The van der Waals surface area contributed by atoms with Crippen LogP contribution < -0.4 is 5.01 Å². The highest BCUT2D eigenvalue weighted by Gasteiger charge is 2.59. The predicted molar refractivity (Wildman–Crippen MR) is 111 cm³/mol. The quantitative estimate of drug-likeness (QED) is 0.678. The molecule has 162 valence electrons. The number of rotatable bonds is 3. The smallest absolute Gasteiger partial charge is 0.379 e. The zero-order valence-electron chi connectivity index (χ0n) is 16.9. The van der Waals surface area contributed by atoms with Gasteiger partial charge in [-0.15, -0.1) is 0 Å². The van der Waals surface area contributed by atoms with Crippen LogP contribution >= 0.6 is 0 Å². The highest BCUT2D eigenvalue weighted by Crippen LogP contribution is 2.51. The van der Waals surface area contributed by atoms with Crippen molar-refractivity contribution in [2.24, 2.45) is 10.3 Å². The zero-order chi connectivity index (χ0) is 21.5. The largest absolute Gasteiger partial charge is 0.416 e. The zero-order valence-corrected chi connectivity index (χ0v) is 16.9. The molecule has 0 spiro atoms. The first kappa shape index (κ1) is 20.2. The molecule has 0 bridgehead atoms. The number of anilines is 1. The highest BCUT2D eigenvalue weighted by molar-refractivity contribution is 5.63. The van der Waals surface area contributed by atoms with Crippen LogP contribution in [0.2, 0.25) is 0 Å².